The molecule has 6 heteroatoms. The SMILES string of the molecule is O=C(O)C1CCN(C(=O)NCC2(c3ccc(Br)cc3)CCC2)CC1. The zero-order valence-corrected chi connectivity index (χ0v) is 15.2. The molecule has 1 heterocycles. The summed E-state index contributed by atoms with van der Waals surface area (Å²) in [6.07, 6.45) is 4.46. The number of amides is 2. The summed E-state index contributed by atoms with van der Waals surface area (Å²) in [5.41, 5.74) is 1.33. The van der Waals surface area contributed by atoms with Crippen molar-refractivity contribution < 1.29 is 14.7 Å². The Balaban J connectivity index is 1.55. The van der Waals surface area contributed by atoms with E-state index in [1.54, 1.807) is 4.90 Å². The maximum absolute atomic E-state index is 12.4. The Bertz CT molecular complexity index is 605. The van der Waals surface area contributed by atoms with Gasteiger partial charge in [0, 0.05) is 29.5 Å². The summed E-state index contributed by atoms with van der Waals surface area (Å²) in [6.45, 7) is 1.69. The summed E-state index contributed by atoms with van der Waals surface area (Å²) >= 11 is 3.46. The van der Waals surface area contributed by atoms with Crippen LogP contribution in [0.15, 0.2) is 28.7 Å². The van der Waals surface area contributed by atoms with Crippen LogP contribution in [-0.4, -0.2) is 41.6 Å². The number of nitrogens with one attached hydrogen (secondary N) is 1. The molecule has 2 N–H and O–H groups in total. The zero-order chi connectivity index (χ0) is 17.2. The van der Waals surface area contributed by atoms with Crippen molar-refractivity contribution in [3.8, 4) is 0 Å². The fraction of sp³-hybridized carbons (Fsp3) is 0.556. The second-order valence-electron chi connectivity index (χ2n) is 6.90. The number of piperidine rings is 1. The molecule has 2 aliphatic rings. The van der Waals surface area contributed by atoms with E-state index in [1.165, 1.54) is 12.0 Å². The Morgan fingerprint density at radius 1 is 1.21 bits per heavy atom. The van der Waals surface area contributed by atoms with Crippen LogP contribution >= 0.6 is 15.9 Å². The largest absolute Gasteiger partial charge is 0.481 e. The van der Waals surface area contributed by atoms with Crippen molar-refractivity contribution in [2.24, 2.45) is 5.92 Å². The van der Waals surface area contributed by atoms with Gasteiger partial charge >= 0.3 is 12.0 Å². The molecule has 1 aliphatic heterocycles. The first-order valence-electron chi connectivity index (χ1n) is 8.52. The minimum Gasteiger partial charge on any atom is -0.481 e. The van der Waals surface area contributed by atoms with E-state index < -0.39 is 5.97 Å². The fourth-order valence-electron chi connectivity index (χ4n) is 3.66. The molecule has 130 valence electrons. The van der Waals surface area contributed by atoms with E-state index in [0.717, 1.165) is 17.3 Å². The van der Waals surface area contributed by atoms with Crippen molar-refractivity contribution in [2.45, 2.75) is 37.5 Å². The normalized spacial score (nSPS) is 20.3. The Kier molecular flexibility index (Phi) is 5.13. The monoisotopic (exact) mass is 394 g/mol. The fourth-order valence-corrected chi connectivity index (χ4v) is 3.92. The van der Waals surface area contributed by atoms with E-state index in [9.17, 15) is 9.59 Å². The number of hydrogen-bond donors (Lipinski definition) is 2. The number of benzene rings is 1. The molecule has 0 radical (unpaired) electrons. The predicted molar refractivity (Wildman–Crippen MR) is 95.0 cm³/mol. The van der Waals surface area contributed by atoms with Gasteiger partial charge in [0.25, 0.3) is 0 Å². The third-order valence-corrected chi connectivity index (χ3v) is 6.01. The minimum atomic E-state index is -0.751. The van der Waals surface area contributed by atoms with Crippen LogP contribution in [0.1, 0.15) is 37.7 Å². The number of carbonyl (C=O) groups excluding carboxylic acids is 1. The van der Waals surface area contributed by atoms with Crippen molar-refractivity contribution in [1.29, 1.82) is 0 Å². The molecule has 1 aromatic rings. The predicted octanol–water partition coefficient (Wildman–Crippen LogP) is 3.38. The molecule has 3 rings (SSSR count). The van der Waals surface area contributed by atoms with Crippen LogP contribution in [0.25, 0.3) is 0 Å². The highest BCUT2D eigenvalue weighted by Crippen LogP contribution is 2.43. The highest BCUT2D eigenvalue weighted by molar-refractivity contribution is 9.10. The summed E-state index contributed by atoms with van der Waals surface area (Å²) in [7, 11) is 0. The van der Waals surface area contributed by atoms with Gasteiger partial charge in [-0.15, -0.1) is 0 Å². The van der Waals surface area contributed by atoms with Crippen LogP contribution in [0.5, 0.6) is 0 Å². The number of carboxylic acid groups (broad SMARTS) is 1. The van der Waals surface area contributed by atoms with Crippen LogP contribution in [0.3, 0.4) is 0 Å². The van der Waals surface area contributed by atoms with Gasteiger partial charge in [0.15, 0.2) is 0 Å². The van der Waals surface area contributed by atoms with E-state index >= 15 is 0 Å². The summed E-state index contributed by atoms with van der Waals surface area (Å²) in [6, 6.07) is 8.30. The average Bonchev–Trinajstić information content (AvgIpc) is 2.55. The topological polar surface area (TPSA) is 69.6 Å². The van der Waals surface area contributed by atoms with E-state index in [2.05, 4.69) is 33.4 Å². The molecule has 0 unspecified atom stereocenters. The maximum atomic E-state index is 12.4. The number of nitrogens with zero attached hydrogens (tertiary/aromatic N) is 1. The van der Waals surface area contributed by atoms with Crippen molar-refractivity contribution in [2.75, 3.05) is 19.6 Å². The van der Waals surface area contributed by atoms with E-state index in [1.807, 2.05) is 12.1 Å². The highest BCUT2D eigenvalue weighted by atomic mass is 79.9. The number of carbonyl (C=O) groups is 2. The minimum absolute atomic E-state index is 0.0513. The van der Waals surface area contributed by atoms with Gasteiger partial charge < -0.3 is 15.3 Å². The molecular formula is C18H23BrN2O3. The van der Waals surface area contributed by atoms with Gasteiger partial charge in [-0.25, -0.2) is 4.79 Å². The number of carboxylic acids is 1. The second kappa shape index (κ2) is 7.13. The molecule has 24 heavy (non-hydrogen) atoms. The number of rotatable bonds is 4. The lowest BCUT2D eigenvalue weighted by Crippen LogP contribution is -2.51. The molecule has 0 spiro atoms. The first kappa shape index (κ1) is 17.3. The van der Waals surface area contributed by atoms with Gasteiger partial charge in [-0.1, -0.05) is 34.5 Å². The Morgan fingerprint density at radius 2 is 1.83 bits per heavy atom. The van der Waals surface area contributed by atoms with Gasteiger partial charge in [0.05, 0.1) is 5.92 Å². The van der Waals surface area contributed by atoms with Crippen molar-refractivity contribution in [3.05, 3.63) is 34.3 Å². The van der Waals surface area contributed by atoms with Crippen molar-refractivity contribution in [1.82, 2.24) is 10.2 Å². The Morgan fingerprint density at radius 3 is 2.33 bits per heavy atom. The molecule has 1 aromatic carbocycles. The molecule has 2 amide bonds. The molecule has 0 atom stereocenters. The van der Waals surface area contributed by atoms with Crippen molar-refractivity contribution in [3.63, 3.8) is 0 Å². The molecule has 2 fully saturated rings. The average molecular weight is 395 g/mol. The first-order valence-corrected chi connectivity index (χ1v) is 9.31. The maximum Gasteiger partial charge on any atom is 0.317 e. The van der Waals surface area contributed by atoms with Crippen LogP contribution in [-0.2, 0) is 10.2 Å². The second-order valence-corrected chi connectivity index (χ2v) is 7.81. The lowest BCUT2D eigenvalue weighted by Gasteiger charge is -2.43. The Labute approximate surface area is 150 Å². The quantitative estimate of drug-likeness (QED) is 0.821. The molecule has 5 nitrogen and oxygen atoms in total. The molecule has 1 saturated carbocycles. The number of hydrogen-bond acceptors (Lipinski definition) is 2. The molecule has 1 aliphatic carbocycles. The van der Waals surface area contributed by atoms with Gasteiger partial charge in [0.1, 0.15) is 0 Å². The lowest BCUT2D eigenvalue weighted by atomic mass is 9.64. The lowest BCUT2D eigenvalue weighted by molar-refractivity contribution is -0.143. The van der Waals surface area contributed by atoms with E-state index in [-0.39, 0.29) is 17.4 Å². The summed E-state index contributed by atoms with van der Waals surface area (Å²) in [4.78, 5) is 25.1. The smallest absolute Gasteiger partial charge is 0.317 e. The van der Waals surface area contributed by atoms with Crippen LogP contribution in [0.4, 0.5) is 4.79 Å². The summed E-state index contributed by atoms with van der Waals surface area (Å²) in [5.74, 6) is -1.06. The van der Waals surface area contributed by atoms with Gasteiger partial charge in [-0.05, 0) is 43.4 Å². The van der Waals surface area contributed by atoms with E-state index in [0.29, 0.717) is 32.5 Å². The molecule has 1 saturated heterocycles. The third kappa shape index (κ3) is 3.58. The summed E-state index contributed by atoms with van der Waals surface area (Å²) in [5, 5.41) is 12.1. The van der Waals surface area contributed by atoms with Gasteiger partial charge in [-0.3, -0.25) is 4.79 Å². The zero-order valence-electron chi connectivity index (χ0n) is 13.6. The van der Waals surface area contributed by atoms with E-state index in [4.69, 9.17) is 5.11 Å². The molecular weight excluding hydrogens is 372 g/mol. The standard InChI is InChI=1S/C18H23BrN2O3/c19-15-4-2-14(3-5-15)18(8-1-9-18)12-20-17(24)21-10-6-13(7-11-21)16(22)23/h2-5,13H,1,6-12H2,(H,20,24)(H,22,23). The van der Waals surface area contributed by atoms with Gasteiger partial charge in [0.2, 0.25) is 0 Å². The Hall–Kier alpha value is -1.56. The number of halogens is 1. The van der Waals surface area contributed by atoms with Crippen LogP contribution < -0.4 is 5.32 Å². The third-order valence-electron chi connectivity index (χ3n) is 5.48. The van der Waals surface area contributed by atoms with Gasteiger partial charge in [-0.2, -0.15) is 0 Å². The molecule has 0 aromatic heterocycles. The molecule has 0 bridgehead atoms. The number of aliphatic carboxylic acids is 1. The highest BCUT2D eigenvalue weighted by Gasteiger charge is 2.39. The van der Waals surface area contributed by atoms with Crippen LogP contribution in [0, 0.1) is 5.92 Å². The van der Waals surface area contributed by atoms with Crippen molar-refractivity contribution >= 4 is 27.9 Å². The number of urea groups is 1. The first-order chi connectivity index (χ1) is 11.5. The summed E-state index contributed by atoms with van der Waals surface area (Å²) < 4.78 is 1.06. The number of likely N-dealkylation sites (tertiary alicyclic amines) is 1. The van der Waals surface area contributed by atoms with Crippen LogP contribution in [0.2, 0.25) is 0 Å².